The first-order valence-electron chi connectivity index (χ1n) is 5.48. The first-order valence-corrected chi connectivity index (χ1v) is 5.48. The molecule has 0 nitrogen and oxygen atoms in total. The lowest BCUT2D eigenvalue weighted by molar-refractivity contribution is 0.404. The summed E-state index contributed by atoms with van der Waals surface area (Å²) in [5, 5.41) is 0. The zero-order valence-corrected chi connectivity index (χ0v) is 9.35. The fraction of sp³-hybridized carbons (Fsp3) is 1.00. The molecule has 1 rings (SSSR count). The fourth-order valence-electron chi connectivity index (χ4n) is 2.42. The minimum absolute atomic E-state index is 0.703. The van der Waals surface area contributed by atoms with Crippen molar-refractivity contribution in [2.75, 3.05) is 0 Å². The Bertz CT molecular complexity index is 138. The summed E-state index contributed by atoms with van der Waals surface area (Å²) in [7, 11) is 0. The normalized spacial score (nSPS) is 40.5. The first-order chi connectivity index (χ1) is 5.48. The van der Waals surface area contributed by atoms with Crippen molar-refractivity contribution in [2.45, 2.75) is 53.9 Å². The predicted molar refractivity (Wildman–Crippen MR) is 55.1 cm³/mol. The Morgan fingerprint density at radius 2 is 1.67 bits per heavy atom. The van der Waals surface area contributed by atoms with Crippen molar-refractivity contribution in [3.05, 3.63) is 0 Å². The van der Waals surface area contributed by atoms with E-state index in [1.54, 1.807) is 0 Å². The summed E-state index contributed by atoms with van der Waals surface area (Å²) in [6.45, 7) is 11.9. The van der Waals surface area contributed by atoms with Crippen LogP contribution in [0.5, 0.6) is 0 Å². The van der Waals surface area contributed by atoms with Crippen molar-refractivity contribution in [2.24, 2.45) is 23.2 Å². The Morgan fingerprint density at radius 1 is 1.17 bits per heavy atom. The SMILES string of the molecule is CC(C)CCCC1(C)C(C)C1C. The van der Waals surface area contributed by atoms with E-state index in [4.69, 9.17) is 0 Å². The maximum absolute atomic E-state index is 2.46. The van der Waals surface area contributed by atoms with Crippen LogP contribution in [0.4, 0.5) is 0 Å². The molecule has 0 aromatic carbocycles. The molecule has 2 atom stereocenters. The molecule has 0 spiro atoms. The number of hydrogen-bond donors (Lipinski definition) is 0. The number of hydrogen-bond acceptors (Lipinski definition) is 0. The molecular weight excluding hydrogens is 144 g/mol. The lowest BCUT2D eigenvalue weighted by Gasteiger charge is -2.11. The van der Waals surface area contributed by atoms with E-state index in [0.29, 0.717) is 5.41 Å². The molecule has 1 fully saturated rings. The van der Waals surface area contributed by atoms with Crippen LogP contribution in [0.15, 0.2) is 0 Å². The van der Waals surface area contributed by atoms with Crippen molar-refractivity contribution in [1.29, 1.82) is 0 Å². The summed E-state index contributed by atoms with van der Waals surface area (Å²) in [4.78, 5) is 0. The van der Waals surface area contributed by atoms with Gasteiger partial charge in [0.1, 0.15) is 0 Å². The van der Waals surface area contributed by atoms with E-state index in [1.165, 1.54) is 19.3 Å². The van der Waals surface area contributed by atoms with E-state index in [1.807, 2.05) is 0 Å². The quantitative estimate of drug-likeness (QED) is 0.592. The van der Waals surface area contributed by atoms with Crippen molar-refractivity contribution in [3.63, 3.8) is 0 Å². The Hall–Kier alpha value is 0. The zero-order chi connectivity index (χ0) is 9.35. The van der Waals surface area contributed by atoms with E-state index in [9.17, 15) is 0 Å². The van der Waals surface area contributed by atoms with Gasteiger partial charge in [-0.3, -0.25) is 0 Å². The summed E-state index contributed by atoms with van der Waals surface area (Å²) < 4.78 is 0. The van der Waals surface area contributed by atoms with E-state index in [2.05, 4.69) is 34.6 Å². The van der Waals surface area contributed by atoms with Gasteiger partial charge in [0.05, 0.1) is 0 Å². The highest BCUT2D eigenvalue weighted by Crippen LogP contribution is 2.60. The van der Waals surface area contributed by atoms with Crippen molar-refractivity contribution in [3.8, 4) is 0 Å². The first kappa shape index (κ1) is 10.1. The average Bonchev–Trinajstić information content (AvgIpc) is 2.41. The molecular formula is C12H24. The molecule has 0 aromatic heterocycles. The molecule has 1 aliphatic carbocycles. The smallest absolute Gasteiger partial charge is 0.0269 e. The van der Waals surface area contributed by atoms with Gasteiger partial charge in [-0.2, -0.15) is 0 Å². The molecule has 1 saturated carbocycles. The highest BCUT2D eigenvalue weighted by molar-refractivity contribution is 5.02. The van der Waals surface area contributed by atoms with Crippen LogP contribution in [0, 0.1) is 23.2 Å². The van der Waals surface area contributed by atoms with Crippen LogP contribution in [-0.4, -0.2) is 0 Å². The Morgan fingerprint density at radius 3 is 2.00 bits per heavy atom. The lowest BCUT2D eigenvalue weighted by atomic mass is 9.95. The molecule has 0 heterocycles. The third-order valence-corrected chi connectivity index (χ3v) is 4.22. The van der Waals surface area contributed by atoms with Crippen molar-refractivity contribution in [1.82, 2.24) is 0 Å². The molecule has 2 unspecified atom stereocenters. The second-order valence-corrected chi connectivity index (χ2v) is 5.37. The van der Waals surface area contributed by atoms with Gasteiger partial charge in [-0.1, -0.05) is 47.5 Å². The van der Waals surface area contributed by atoms with Gasteiger partial charge in [0.2, 0.25) is 0 Å². The molecule has 12 heavy (non-hydrogen) atoms. The summed E-state index contributed by atoms with van der Waals surface area (Å²) >= 11 is 0. The van der Waals surface area contributed by atoms with Gasteiger partial charge in [-0.25, -0.2) is 0 Å². The minimum Gasteiger partial charge on any atom is -0.0628 e. The predicted octanol–water partition coefficient (Wildman–Crippen LogP) is 4.10. The topological polar surface area (TPSA) is 0 Å². The summed E-state index contributed by atoms with van der Waals surface area (Å²) in [5.41, 5.74) is 0.703. The van der Waals surface area contributed by atoms with Gasteiger partial charge in [0, 0.05) is 0 Å². The third-order valence-electron chi connectivity index (χ3n) is 4.22. The van der Waals surface area contributed by atoms with Gasteiger partial charge in [0.15, 0.2) is 0 Å². The van der Waals surface area contributed by atoms with Crippen molar-refractivity contribution < 1.29 is 0 Å². The summed E-state index contributed by atoms with van der Waals surface area (Å²) in [5.74, 6) is 2.84. The molecule has 0 radical (unpaired) electrons. The van der Waals surface area contributed by atoms with E-state index < -0.39 is 0 Å². The molecule has 0 aliphatic heterocycles. The van der Waals surface area contributed by atoms with Crippen LogP contribution < -0.4 is 0 Å². The van der Waals surface area contributed by atoms with Crippen LogP contribution >= 0.6 is 0 Å². The molecule has 72 valence electrons. The number of rotatable bonds is 4. The minimum atomic E-state index is 0.703. The second kappa shape index (κ2) is 3.40. The largest absolute Gasteiger partial charge is 0.0628 e. The molecule has 0 aromatic rings. The van der Waals surface area contributed by atoms with E-state index in [0.717, 1.165) is 17.8 Å². The maximum Gasteiger partial charge on any atom is -0.0269 e. The molecule has 0 heteroatoms. The van der Waals surface area contributed by atoms with Crippen LogP contribution in [0.2, 0.25) is 0 Å². The molecule has 0 amide bonds. The highest BCUT2D eigenvalue weighted by Gasteiger charge is 2.53. The molecule has 0 N–H and O–H groups in total. The van der Waals surface area contributed by atoms with Crippen LogP contribution in [0.3, 0.4) is 0 Å². The highest BCUT2D eigenvalue weighted by atomic mass is 14.6. The summed E-state index contributed by atoms with van der Waals surface area (Å²) in [6.07, 6.45) is 4.30. The van der Waals surface area contributed by atoms with Gasteiger partial charge >= 0.3 is 0 Å². The molecule has 1 aliphatic rings. The summed E-state index contributed by atoms with van der Waals surface area (Å²) in [6, 6.07) is 0. The third kappa shape index (κ3) is 1.84. The van der Waals surface area contributed by atoms with Crippen LogP contribution in [0.1, 0.15) is 53.9 Å². The monoisotopic (exact) mass is 168 g/mol. The lowest BCUT2D eigenvalue weighted by Crippen LogP contribution is -1.99. The van der Waals surface area contributed by atoms with Crippen molar-refractivity contribution >= 4 is 0 Å². The van der Waals surface area contributed by atoms with Gasteiger partial charge < -0.3 is 0 Å². The van der Waals surface area contributed by atoms with Crippen LogP contribution in [-0.2, 0) is 0 Å². The zero-order valence-electron chi connectivity index (χ0n) is 9.35. The van der Waals surface area contributed by atoms with Gasteiger partial charge in [-0.05, 0) is 29.6 Å². The van der Waals surface area contributed by atoms with Gasteiger partial charge in [0.25, 0.3) is 0 Å². The fourth-order valence-corrected chi connectivity index (χ4v) is 2.42. The average molecular weight is 168 g/mol. The van der Waals surface area contributed by atoms with E-state index in [-0.39, 0.29) is 0 Å². The maximum atomic E-state index is 2.46. The Labute approximate surface area is 77.7 Å². The van der Waals surface area contributed by atoms with E-state index >= 15 is 0 Å². The Kier molecular flexibility index (Phi) is 2.85. The molecule has 0 bridgehead atoms. The van der Waals surface area contributed by atoms with Gasteiger partial charge in [-0.15, -0.1) is 0 Å². The van der Waals surface area contributed by atoms with Crippen LogP contribution in [0.25, 0.3) is 0 Å². The second-order valence-electron chi connectivity index (χ2n) is 5.37. The standard InChI is InChI=1S/C12H24/c1-9(2)7-6-8-12(5)10(3)11(12)4/h9-11H,6-8H2,1-5H3. The molecule has 0 saturated heterocycles. The Balaban J connectivity index is 2.16.